The van der Waals surface area contributed by atoms with Gasteiger partial charge in [-0.2, -0.15) is 18.3 Å². The van der Waals surface area contributed by atoms with Gasteiger partial charge in [-0.15, -0.1) is 0 Å². The van der Waals surface area contributed by atoms with E-state index in [1.165, 1.54) is 22.9 Å². The highest BCUT2D eigenvalue weighted by atomic mass is 19.4. The Morgan fingerprint density at radius 1 is 1.07 bits per heavy atom. The minimum atomic E-state index is -4.42. The first-order valence-electron chi connectivity index (χ1n) is 8.36. The SMILES string of the molecule is Cc1cc(=O)c(C(=O)NCc2ccc(C(F)(F)F)cc2)nn1-c1ccccc1. The van der Waals surface area contributed by atoms with Gasteiger partial charge in [0.25, 0.3) is 5.91 Å². The van der Waals surface area contributed by atoms with Gasteiger partial charge in [0.15, 0.2) is 5.69 Å². The van der Waals surface area contributed by atoms with Gasteiger partial charge >= 0.3 is 6.18 Å². The minimum absolute atomic E-state index is 0.0305. The van der Waals surface area contributed by atoms with E-state index in [4.69, 9.17) is 0 Å². The molecule has 28 heavy (non-hydrogen) atoms. The van der Waals surface area contributed by atoms with Crippen LogP contribution in [-0.4, -0.2) is 15.7 Å². The van der Waals surface area contributed by atoms with Gasteiger partial charge in [-0.25, -0.2) is 4.68 Å². The number of para-hydroxylation sites is 1. The number of amides is 1. The second kappa shape index (κ2) is 7.67. The molecule has 1 aromatic heterocycles. The minimum Gasteiger partial charge on any atom is -0.346 e. The maximum Gasteiger partial charge on any atom is 0.416 e. The Bertz CT molecular complexity index is 1040. The molecule has 1 amide bonds. The predicted molar refractivity (Wildman–Crippen MR) is 97.2 cm³/mol. The summed E-state index contributed by atoms with van der Waals surface area (Å²) >= 11 is 0. The number of benzene rings is 2. The monoisotopic (exact) mass is 387 g/mol. The molecular formula is C20H16F3N3O2. The van der Waals surface area contributed by atoms with Gasteiger partial charge in [-0.05, 0) is 36.8 Å². The van der Waals surface area contributed by atoms with E-state index in [-0.39, 0.29) is 12.2 Å². The number of aromatic nitrogens is 2. The molecule has 0 radical (unpaired) electrons. The van der Waals surface area contributed by atoms with E-state index in [0.717, 1.165) is 12.1 Å². The Balaban J connectivity index is 1.78. The smallest absolute Gasteiger partial charge is 0.346 e. The highest BCUT2D eigenvalue weighted by Crippen LogP contribution is 2.29. The zero-order valence-electron chi connectivity index (χ0n) is 14.8. The van der Waals surface area contributed by atoms with Gasteiger partial charge in [-0.3, -0.25) is 9.59 Å². The number of hydrogen-bond donors (Lipinski definition) is 1. The van der Waals surface area contributed by atoms with Gasteiger partial charge < -0.3 is 5.32 Å². The van der Waals surface area contributed by atoms with Crippen LogP contribution in [0.15, 0.2) is 65.5 Å². The van der Waals surface area contributed by atoms with Crippen LogP contribution in [-0.2, 0) is 12.7 Å². The molecule has 5 nitrogen and oxygen atoms in total. The number of aryl methyl sites for hydroxylation is 1. The van der Waals surface area contributed by atoms with Gasteiger partial charge in [0.1, 0.15) is 0 Å². The van der Waals surface area contributed by atoms with Crippen molar-refractivity contribution in [2.75, 3.05) is 0 Å². The lowest BCUT2D eigenvalue weighted by atomic mass is 10.1. The molecular weight excluding hydrogens is 371 g/mol. The number of carbonyl (C=O) groups excluding carboxylic acids is 1. The first kappa shape index (κ1) is 19.3. The summed E-state index contributed by atoms with van der Waals surface area (Å²) in [7, 11) is 0. The van der Waals surface area contributed by atoms with Crippen molar-refractivity contribution < 1.29 is 18.0 Å². The zero-order chi connectivity index (χ0) is 20.3. The number of carbonyl (C=O) groups is 1. The fraction of sp³-hybridized carbons (Fsp3) is 0.150. The molecule has 3 aromatic rings. The van der Waals surface area contributed by atoms with Crippen LogP contribution >= 0.6 is 0 Å². The standard InChI is InChI=1S/C20H16F3N3O2/c1-13-11-17(27)18(25-26(13)16-5-3-2-4-6-16)19(28)24-12-14-7-9-15(10-8-14)20(21,22)23/h2-11H,12H2,1H3,(H,24,28). The van der Waals surface area contributed by atoms with Crippen LogP contribution in [0.25, 0.3) is 5.69 Å². The van der Waals surface area contributed by atoms with Crippen LogP contribution in [0.4, 0.5) is 13.2 Å². The third kappa shape index (κ3) is 4.28. The summed E-state index contributed by atoms with van der Waals surface area (Å²) in [5.74, 6) is -0.699. The van der Waals surface area contributed by atoms with Crippen molar-refractivity contribution in [3.05, 3.63) is 93.4 Å². The van der Waals surface area contributed by atoms with Crippen molar-refractivity contribution in [1.82, 2.24) is 15.1 Å². The van der Waals surface area contributed by atoms with Crippen molar-refractivity contribution in [2.45, 2.75) is 19.6 Å². The highest BCUT2D eigenvalue weighted by Gasteiger charge is 2.29. The van der Waals surface area contributed by atoms with E-state index in [0.29, 0.717) is 16.9 Å². The predicted octanol–water partition coefficient (Wildman–Crippen LogP) is 3.49. The largest absolute Gasteiger partial charge is 0.416 e. The Morgan fingerprint density at radius 2 is 1.71 bits per heavy atom. The van der Waals surface area contributed by atoms with Crippen LogP contribution in [0.5, 0.6) is 0 Å². The van der Waals surface area contributed by atoms with Crippen molar-refractivity contribution in [3.8, 4) is 5.69 Å². The maximum absolute atomic E-state index is 12.6. The summed E-state index contributed by atoms with van der Waals surface area (Å²) in [4.78, 5) is 24.6. The van der Waals surface area contributed by atoms with Crippen LogP contribution in [0, 0.1) is 6.92 Å². The van der Waals surface area contributed by atoms with Crippen LogP contribution in [0.2, 0.25) is 0 Å². The second-order valence-corrected chi connectivity index (χ2v) is 6.12. The molecule has 0 unspecified atom stereocenters. The lowest BCUT2D eigenvalue weighted by Crippen LogP contribution is -2.31. The Labute approximate surface area is 158 Å². The molecule has 0 fully saturated rings. The van der Waals surface area contributed by atoms with E-state index in [1.807, 2.05) is 6.07 Å². The topological polar surface area (TPSA) is 64.0 Å². The van der Waals surface area contributed by atoms with Crippen molar-refractivity contribution in [2.24, 2.45) is 0 Å². The Kier molecular flexibility index (Phi) is 5.30. The van der Waals surface area contributed by atoms with Gasteiger partial charge in [0.2, 0.25) is 5.43 Å². The highest BCUT2D eigenvalue weighted by molar-refractivity contribution is 5.92. The lowest BCUT2D eigenvalue weighted by Gasteiger charge is -2.11. The van der Waals surface area contributed by atoms with E-state index >= 15 is 0 Å². The molecule has 0 saturated heterocycles. The van der Waals surface area contributed by atoms with E-state index < -0.39 is 23.1 Å². The molecule has 0 aliphatic heterocycles. The maximum atomic E-state index is 12.6. The molecule has 0 saturated carbocycles. The van der Waals surface area contributed by atoms with E-state index in [1.54, 1.807) is 31.2 Å². The number of nitrogens with zero attached hydrogens (tertiary/aromatic N) is 2. The number of halogens is 3. The molecule has 1 heterocycles. The van der Waals surface area contributed by atoms with Crippen LogP contribution in [0.3, 0.4) is 0 Å². The molecule has 0 atom stereocenters. The molecule has 3 rings (SSSR count). The third-order valence-electron chi connectivity index (χ3n) is 4.06. The lowest BCUT2D eigenvalue weighted by molar-refractivity contribution is -0.137. The number of nitrogens with one attached hydrogen (secondary N) is 1. The number of hydrogen-bond acceptors (Lipinski definition) is 3. The third-order valence-corrected chi connectivity index (χ3v) is 4.06. The molecule has 0 aliphatic rings. The number of rotatable bonds is 4. The van der Waals surface area contributed by atoms with Gasteiger partial charge in [0.05, 0.1) is 11.3 Å². The summed E-state index contributed by atoms with van der Waals surface area (Å²) in [6.07, 6.45) is -4.42. The normalized spacial score (nSPS) is 11.3. The molecule has 8 heteroatoms. The zero-order valence-corrected chi connectivity index (χ0v) is 14.8. The summed E-state index contributed by atoms with van der Waals surface area (Å²) in [6, 6.07) is 14.7. The summed E-state index contributed by atoms with van der Waals surface area (Å²) in [6.45, 7) is 1.67. The summed E-state index contributed by atoms with van der Waals surface area (Å²) in [5, 5.41) is 6.66. The van der Waals surface area contributed by atoms with Crippen molar-refractivity contribution in [3.63, 3.8) is 0 Å². The average molecular weight is 387 g/mol. The van der Waals surface area contributed by atoms with Crippen molar-refractivity contribution >= 4 is 5.91 Å². The molecule has 144 valence electrons. The second-order valence-electron chi connectivity index (χ2n) is 6.12. The fourth-order valence-electron chi connectivity index (χ4n) is 2.61. The van der Waals surface area contributed by atoms with Crippen LogP contribution in [0.1, 0.15) is 27.3 Å². The molecule has 0 spiro atoms. The molecule has 0 aliphatic carbocycles. The molecule has 0 bridgehead atoms. The molecule has 1 N–H and O–H groups in total. The summed E-state index contributed by atoms with van der Waals surface area (Å²) < 4.78 is 39.3. The average Bonchev–Trinajstić information content (AvgIpc) is 2.66. The summed E-state index contributed by atoms with van der Waals surface area (Å²) in [5.41, 5.74) is 0.133. The van der Waals surface area contributed by atoms with Crippen LogP contribution < -0.4 is 10.7 Å². The van der Waals surface area contributed by atoms with E-state index in [9.17, 15) is 22.8 Å². The van der Waals surface area contributed by atoms with Crippen molar-refractivity contribution in [1.29, 1.82) is 0 Å². The quantitative estimate of drug-likeness (QED) is 0.745. The van der Waals surface area contributed by atoms with Gasteiger partial charge in [0, 0.05) is 18.3 Å². The van der Waals surface area contributed by atoms with Gasteiger partial charge in [-0.1, -0.05) is 30.3 Å². The first-order valence-corrected chi connectivity index (χ1v) is 8.36. The first-order chi connectivity index (χ1) is 13.3. The Morgan fingerprint density at radius 3 is 2.32 bits per heavy atom. The van der Waals surface area contributed by atoms with E-state index in [2.05, 4.69) is 10.4 Å². The number of alkyl halides is 3. The Hall–Kier alpha value is -3.42. The molecule has 2 aromatic carbocycles. The fourth-order valence-corrected chi connectivity index (χ4v) is 2.61.